The van der Waals surface area contributed by atoms with Crippen molar-refractivity contribution in [1.82, 2.24) is 10.2 Å². The quantitative estimate of drug-likeness (QED) is 0.176. The number of ether oxygens (including phenoxy) is 3. The SMILES string of the molecule is CCOc1cc(O[C@H]2CCc3c(-c4cccc(OCCCN5CCC(F)CC5)c4Cl)cccc32)c(Cl)cc1CN[C@@H]1CCCC[C@@H]1O. The molecule has 6 nitrogen and oxygen atoms in total. The summed E-state index contributed by atoms with van der Waals surface area (Å²) in [6, 6.07) is 16.2. The Kier molecular flexibility index (Phi) is 11.9. The van der Waals surface area contributed by atoms with Crippen LogP contribution < -0.4 is 19.5 Å². The maximum absolute atomic E-state index is 13.5. The third kappa shape index (κ3) is 8.37. The van der Waals surface area contributed by atoms with Crippen LogP contribution in [-0.2, 0) is 13.0 Å². The first kappa shape index (κ1) is 34.3. The van der Waals surface area contributed by atoms with Crippen LogP contribution in [0.15, 0.2) is 48.5 Å². The largest absolute Gasteiger partial charge is 0.493 e. The van der Waals surface area contributed by atoms with E-state index in [2.05, 4.69) is 28.4 Å². The molecular formula is C38H47Cl2FN2O4. The minimum atomic E-state index is -0.654. The van der Waals surface area contributed by atoms with Crippen LogP contribution in [-0.4, -0.2) is 61.2 Å². The first-order valence-corrected chi connectivity index (χ1v) is 18.1. The summed E-state index contributed by atoms with van der Waals surface area (Å²) in [6.45, 7) is 6.15. The fourth-order valence-corrected chi connectivity index (χ4v) is 7.77. The van der Waals surface area contributed by atoms with E-state index in [1.807, 2.05) is 37.3 Å². The monoisotopic (exact) mass is 684 g/mol. The van der Waals surface area contributed by atoms with Crippen molar-refractivity contribution in [3.63, 3.8) is 0 Å². The van der Waals surface area contributed by atoms with E-state index in [1.165, 1.54) is 5.56 Å². The molecule has 0 radical (unpaired) electrons. The topological polar surface area (TPSA) is 63.2 Å². The molecule has 3 atom stereocenters. The third-order valence-corrected chi connectivity index (χ3v) is 10.5. The van der Waals surface area contributed by atoms with Crippen LogP contribution in [0, 0.1) is 0 Å². The number of fused-ring (bicyclic) bond motifs is 1. The zero-order valence-electron chi connectivity index (χ0n) is 27.3. The van der Waals surface area contributed by atoms with Gasteiger partial charge in [0.05, 0.1) is 29.4 Å². The highest BCUT2D eigenvalue weighted by Crippen LogP contribution is 2.45. The number of rotatable bonds is 13. The number of halogens is 3. The second-order valence-corrected chi connectivity index (χ2v) is 13.8. The van der Waals surface area contributed by atoms with Crippen molar-refractivity contribution < 1.29 is 23.7 Å². The zero-order valence-corrected chi connectivity index (χ0v) is 28.8. The molecule has 3 aromatic rings. The lowest BCUT2D eigenvalue weighted by Gasteiger charge is -2.29. The van der Waals surface area contributed by atoms with Crippen molar-refractivity contribution in [2.45, 2.75) is 95.7 Å². The van der Waals surface area contributed by atoms with Gasteiger partial charge in [-0.2, -0.15) is 0 Å². The number of hydrogen-bond donors (Lipinski definition) is 2. The molecule has 3 aromatic carbocycles. The van der Waals surface area contributed by atoms with Crippen LogP contribution in [0.1, 0.15) is 81.1 Å². The van der Waals surface area contributed by atoms with Crippen LogP contribution in [0.3, 0.4) is 0 Å². The summed E-state index contributed by atoms with van der Waals surface area (Å²) in [5.41, 5.74) is 5.34. The van der Waals surface area contributed by atoms with E-state index >= 15 is 0 Å². The van der Waals surface area contributed by atoms with Gasteiger partial charge in [0.2, 0.25) is 0 Å². The number of aliphatic hydroxyl groups is 1. The Balaban J connectivity index is 1.13. The van der Waals surface area contributed by atoms with E-state index in [1.54, 1.807) is 0 Å². The van der Waals surface area contributed by atoms with Gasteiger partial charge in [0, 0.05) is 49.4 Å². The van der Waals surface area contributed by atoms with Gasteiger partial charge in [-0.1, -0.05) is 66.4 Å². The molecule has 0 aromatic heterocycles. The smallest absolute Gasteiger partial charge is 0.142 e. The lowest BCUT2D eigenvalue weighted by atomic mass is 9.92. The maximum Gasteiger partial charge on any atom is 0.142 e. The summed E-state index contributed by atoms with van der Waals surface area (Å²) in [5, 5.41) is 15.1. The van der Waals surface area contributed by atoms with Crippen molar-refractivity contribution >= 4 is 23.2 Å². The lowest BCUT2D eigenvalue weighted by molar-refractivity contribution is 0.0901. The van der Waals surface area contributed by atoms with Gasteiger partial charge in [-0.05, 0) is 80.7 Å². The van der Waals surface area contributed by atoms with Gasteiger partial charge < -0.3 is 29.5 Å². The minimum absolute atomic E-state index is 0.0788. The fraction of sp³-hybridized carbons (Fsp3) is 0.526. The van der Waals surface area contributed by atoms with Gasteiger partial charge in [-0.25, -0.2) is 4.39 Å². The van der Waals surface area contributed by atoms with Crippen LogP contribution >= 0.6 is 23.2 Å². The van der Waals surface area contributed by atoms with Gasteiger partial charge in [0.25, 0.3) is 0 Å². The van der Waals surface area contributed by atoms with Gasteiger partial charge in [-0.15, -0.1) is 0 Å². The van der Waals surface area contributed by atoms with E-state index in [-0.39, 0.29) is 18.2 Å². The van der Waals surface area contributed by atoms with Crippen LogP contribution in [0.2, 0.25) is 10.0 Å². The predicted molar refractivity (Wildman–Crippen MR) is 187 cm³/mol. The number of aliphatic hydroxyl groups excluding tert-OH is 1. The number of nitrogens with zero attached hydrogens (tertiary/aromatic N) is 1. The Morgan fingerprint density at radius 3 is 2.51 bits per heavy atom. The summed E-state index contributed by atoms with van der Waals surface area (Å²) >= 11 is 13.8. The number of nitrogens with one attached hydrogen (secondary N) is 1. The average molecular weight is 686 g/mol. The van der Waals surface area contributed by atoms with E-state index in [0.29, 0.717) is 54.1 Å². The molecule has 254 valence electrons. The number of piperidine rings is 1. The van der Waals surface area contributed by atoms with Gasteiger partial charge in [-0.3, -0.25) is 0 Å². The van der Waals surface area contributed by atoms with Gasteiger partial charge in [0.15, 0.2) is 0 Å². The van der Waals surface area contributed by atoms with E-state index in [4.69, 9.17) is 37.4 Å². The summed E-state index contributed by atoms with van der Waals surface area (Å²) in [6.07, 6.45) is 6.67. The van der Waals surface area contributed by atoms with Crippen molar-refractivity contribution in [2.24, 2.45) is 0 Å². The number of hydrogen-bond acceptors (Lipinski definition) is 6. The first-order chi connectivity index (χ1) is 22.9. The molecule has 1 aliphatic heterocycles. The molecular weight excluding hydrogens is 638 g/mol. The van der Waals surface area contributed by atoms with Crippen LogP contribution in [0.5, 0.6) is 17.2 Å². The third-order valence-electron chi connectivity index (χ3n) is 9.83. The highest BCUT2D eigenvalue weighted by atomic mass is 35.5. The number of alkyl halides is 1. The standard InChI is InChI=1S/C38H47Cl2FN2O4/c1-2-45-36-23-37(31(39)22-25(36)24-42-32-11-3-4-12-33(32)44)47-34-15-14-28-27(8-5-9-29(28)34)30-10-6-13-35(38(30)40)46-21-7-18-43-19-16-26(41)17-20-43/h5-6,8-10,13,22-23,26,32-34,42,44H,2-4,7,11-12,14-21,24H2,1H3/t32-,33+,34+/m1/s1. The van der Waals surface area contributed by atoms with Crippen molar-refractivity contribution in [3.8, 4) is 28.4 Å². The summed E-state index contributed by atoms with van der Waals surface area (Å²) in [7, 11) is 0. The normalized spacial score (nSPS) is 21.9. The molecule has 0 unspecified atom stereocenters. The Bertz CT molecular complexity index is 1500. The molecule has 6 rings (SSSR count). The predicted octanol–water partition coefficient (Wildman–Crippen LogP) is 8.72. The van der Waals surface area contributed by atoms with Gasteiger partial charge >= 0.3 is 0 Å². The average Bonchev–Trinajstić information content (AvgIpc) is 3.49. The summed E-state index contributed by atoms with van der Waals surface area (Å²) in [4.78, 5) is 2.31. The van der Waals surface area contributed by atoms with Crippen molar-refractivity contribution in [2.75, 3.05) is 32.8 Å². The van der Waals surface area contributed by atoms with Crippen LogP contribution in [0.4, 0.5) is 4.39 Å². The van der Waals surface area contributed by atoms with Gasteiger partial charge in [0.1, 0.15) is 29.5 Å². The fourth-order valence-electron chi connectivity index (χ4n) is 7.25. The molecule has 3 aliphatic rings. The Hall–Kier alpha value is -2.55. The lowest BCUT2D eigenvalue weighted by Crippen LogP contribution is -2.41. The highest BCUT2D eigenvalue weighted by Gasteiger charge is 2.29. The highest BCUT2D eigenvalue weighted by molar-refractivity contribution is 6.35. The maximum atomic E-state index is 13.5. The Morgan fingerprint density at radius 2 is 1.70 bits per heavy atom. The second-order valence-electron chi connectivity index (χ2n) is 13.0. The van der Waals surface area contributed by atoms with E-state index < -0.39 is 6.17 Å². The van der Waals surface area contributed by atoms with Crippen molar-refractivity contribution in [1.29, 1.82) is 0 Å². The molecule has 1 saturated carbocycles. The van der Waals surface area contributed by atoms with Crippen LogP contribution in [0.25, 0.3) is 11.1 Å². The summed E-state index contributed by atoms with van der Waals surface area (Å²) in [5.74, 6) is 2.02. The molecule has 47 heavy (non-hydrogen) atoms. The molecule has 2 fully saturated rings. The molecule has 0 spiro atoms. The molecule has 2 N–H and O–H groups in total. The van der Waals surface area contributed by atoms with Crippen molar-refractivity contribution in [3.05, 3.63) is 75.3 Å². The molecule has 1 saturated heterocycles. The van der Waals surface area contributed by atoms with E-state index in [0.717, 1.165) is 92.6 Å². The summed E-state index contributed by atoms with van der Waals surface area (Å²) < 4.78 is 32.2. The number of benzene rings is 3. The second kappa shape index (κ2) is 16.2. The first-order valence-electron chi connectivity index (χ1n) is 17.3. The molecule has 2 aliphatic carbocycles. The minimum Gasteiger partial charge on any atom is -0.493 e. The zero-order chi connectivity index (χ0) is 32.8. The van der Waals surface area contributed by atoms with E-state index in [9.17, 15) is 9.50 Å². The molecule has 0 bridgehead atoms. The molecule has 9 heteroatoms. The molecule has 1 heterocycles. The Morgan fingerprint density at radius 1 is 0.915 bits per heavy atom. The molecule has 0 amide bonds. The Labute approximate surface area is 288 Å². The number of likely N-dealkylation sites (tertiary alicyclic amines) is 1.